The Balaban J connectivity index is 2.28. The molecular formula is C23H32N4O9S. The topological polar surface area (TPSA) is 195 Å². The third-order valence-electron chi connectivity index (χ3n) is 4.97. The van der Waals surface area contributed by atoms with Gasteiger partial charge in [0.2, 0.25) is 11.8 Å². The van der Waals surface area contributed by atoms with Crippen LogP contribution >= 0.6 is 11.8 Å². The fraction of sp³-hybridized carbons (Fsp3) is 0.522. The van der Waals surface area contributed by atoms with Crippen molar-refractivity contribution in [2.24, 2.45) is 0 Å². The maximum Gasteiger partial charge on any atom is 0.408 e. The van der Waals surface area contributed by atoms with E-state index >= 15 is 0 Å². The summed E-state index contributed by atoms with van der Waals surface area (Å²) in [5.74, 6) is -2.95. The second-order valence-electron chi connectivity index (χ2n) is 9.01. The molecule has 0 saturated heterocycles. The largest absolute Gasteiger partial charge is 0.467 e. The number of aliphatic hydroxyl groups is 1. The van der Waals surface area contributed by atoms with Crippen LogP contribution in [-0.2, 0) is 34.3 Å². The SMILES string of the molecule is COC(=O)[C@@H]1CSCc2c(N)cccc2C(=O)OCC(NC(=O)[C@H](CO)NC(=O)OC(C)(C)C)C(=O)N1. The highest BCUT2D eigenvalue weighted by Gasteiger charge is 2.32. The van der Waals surface area contributed by atoms with Gasteiger partial charge in [-0.3, -0.25) is 9.59 Å². The standard InChI is InChI=1S/C23H32N4O9S/c1-23(2,3)36-22(33)27-15(8-28)18(29)25-16-9-35-20(31)12-6-5-7-14(24)13(12)10-37-11-17(21(32)34-4)26-19(16)30/h5-7,15-17,28H,8-11,24H2,1-4H3,(H,25,29)(H,26,30)(H,27,33)/t15-,16?,17-/m0/s1. The van der Waals surface area contributed by atoms with Crippen molar-refractivity contribution in [1.82, 2.24) is 16.0 Å². The number of hydrogen-bond donors (Lipinski definition) is 5. The summed E-state index contributed by atoms with van der Waals surface area (Å²) in [4.78, 5) is 62.9. The van der Waals surface area contributed by atoms with Crippen LogP contribution in [0.5, 0.6) is 0 Å². The monoisotopic (exact) mass is 540 g/mol. The molecule has 1 aliphatic rings. The summed E-state index contributed by atoms with van der Waals surface area (Å²) in [6, 6.07) is 0.661. The van der Waals surface area contributed by atoms with E-state index in [1.807, 2.05) is 0 Å². The van der Waals surface area contributed by atoms with Gasteiger partial charge in [0.05, 0.1) is 19.3 Å². The molecular weight excluding hydrogens is 508 g/mol. The normalized spacial score (nSPS) is 19.5. The zero-order valence-corrected chi connectivity index (χ0v) is 21.8. The number of methoxy groups -OCH3 is 1. The predicted octanol–water partition coefficient (Wildman–Crippen LogP) is -0.299. The number of hydrogen-bond acceptors (Lipinski definition) is 11. The first kappa shape index (κ1) is 29.7. The average molecular weight is 541 g/mol. The van der Waals surface area contributed by atoms with Gasteiger partial charge >= 0.3 is 18.0 Å². The molecule has 1 heterocycles. The fourth-order valence-electron chi connectivity index (χ4n) is 3.15. The number of aliphatic hydroxyl groups excluding tert-OH is 1. The Morgan fingerprint density at radius 2 is 2.00 bits per heavy atom. The van der Waals surface area contributed by atoms with E-state index in [0.717, 1.165) is 7.11 Å². The molecule has 3 atom stereocenters. The molecule has 1 unspecified atom stereocenters. The molecule has 1 aliphatic heterocycles. The molecule has 13 nitrogen and oxygen atoms in total. The van der Waals surface area contributed by atoms with Gasteiger partial charge in [0.1, 0.15) is 30.3 Å². The lowest BCUT2D eigenvalue weighted by molar-refractivity contribution is -0.144. The summed E-state index contributed by atoms with van der Waals surface area (Å²) in [7, 11) is 1.16. The van der Waals surface area contributed by atoms with Crippen LogP contribution in [0.25, 0.3) is 0 Å². The number of fused-ring (bicyclic) bond motifs is 1. The number of carbonyl (C=O) groups is 5. The van der Waals surface area contributed by atoms with Gasteiger partial charge in [0, 0.05) is 17.2 Å². The van der Waals surface area contributed by atoms with Crippen LogP contribution in [0, 0.1) is 0 Å². The van der Waals surface area contributed by atoms with Crippen molar-refractivity contribution in [2.45, 2.75) is 50.3 Å². The van der Waals surface area contributed by atoms with Crippen molar-refractivity contribution in [3.8, 4) is 0 Å². The van der Waals surface area contributed by atoms with Crippen molar-refractivity contribution in [3.05, 3.63) is 29.3 Å². The highest BCUT2D eigenvalue weighted by molar-refractivity contribution is 7.98. The Morgan fingerprint density at radius 1 is 1.30 bits per heavy atom. The molecule has 0 saturated carbocycles. The van der Waals surface area contributed by atoms with Crippen molar-refractivity contribution >= 4 is 47.3 Å². The molecule has 0 aliphatic carbocycles. The Morgan fingerprint density at radius 3 is 2.62 bits per heavy atom. The summed E-state index contributed by atoms with van der Waals surface area (Å²) >= 11 is 1.23. The van der Waals surface area contributed by atoms with E-state index in [2.05, 4.69) is 16.0 Å². The van der Waals surface area contributed by atoms with Crippen LogP contribution in [0.15, 0.2) is 18.2 Å². The van der Waals surface area contributed by atoms with Gasteiger partial charge in [-0.2, -0.15) is 11.8 Å². The van der Waals surface area contributed by atoms with Gasteiger partial charge in [-0.05, 0) is 38.5 Å². The number of benzene rings is 1. The van der Waals surface area contributed by atoms with Crippen molar-refractivity contribution in [2.75, 3.05) is 31.8 Å². The van der Waals surface area contributed by atoms with Gasteiger partial charge in [-0.25, -0.2) is 14.4 Å². The number of cyclic esters (lactones) is 1. The number of carbonyl (C=O) groups excluding carboxylic acids is 5. The van der Waals surface area contributed by atoms with Crippen LogP contribution in [0.3, 0.4) is 0 Å². The number of amides is 3. The molecule has 0 spiro atoms. The van der Waals surface area contributed by atoms with Crippen molar-refractivity contribution in [1.29, 1.82) is 0 Å². The number of nitrogens with one attached hydrogen (secondary N) is 3. The van der Waals surface area contributed by atoms with Crippen LogP contribution in [0.1, 0.15) is 36.7 Å². The first-order valence-corrected chi connectivity index (χ1v) is 12.4. The minimum Gasteiger partial charge on any atom is -0.467 e. The third-order valence-corrected chi connectivity index (χ3v) is 6.03. The number of thioether (sulfide) groups is 1. The highest BCUT2D eigenvalue weighted by Crippen LogP contribution is 2.24. The number of anilines is 1. The molecule has 0 fully saturated rings. The first-order chi connectivity index (χ1) is 17.4. The minimum atomic E-state index is -1.48. The lowest BCUT2D eigenvalue weighted by Gasteiger charge is -2.26. The molecule has 0 radical (unpaired) electrons. The lowest BCUT2D eigenvalue weighted by atomic mass is 10.1. The van der Waals surface area contributed by atoms with Crippen molar-refractivity contribution in [3.63, 3.8) is 0 Å². The van der Waals surface area contributed by atoms with Crippen molar-refractivity contribution < 1.29 is 43.3 Å². The van der Waals surface area contributed by atoms with Gasteiger partial charge in [-0.1, -0.05) is 6.07 Å². The highest BCUT2D eigenvalue weighted by atomic mass is 32.2. The summed E-state index contributed by atoms with van der Waals surface area (Å²) in [5, 5.41) is 16.6. The number of alkyl carbamates (subject to hydrolysis) is 1. The molecule has 0 aromatic heterocycles. The zero-order chi connectivity index (χ0) is 27.8. The van der Waals surface area contributed by atoms with E-state index in [-0.39, 0.29) is 17.1 Å². The van der Waals surface area contributed by atoms with Gasteiger partial charge in [0.15, 0.2) is 0 Å². The van der Waals surface area contributed by atoms with Crippen LogP contribution in [0.4, 0.5) is 10.5 Å². The number of rotatable bonds is 5. The maximum atomic E-state index is 13.0. The van der Waals surface area contributed by atoms with E-state index in [0.29, 0.717) is 11.3 Å². The Hall–Kier alpha value is -3.52. The lowest BCUT2D eigenvalue weighted by Crippen LogP contribution is -2.58. The molecule has 14 heteroatoms. The molecule has 1 aromatic carbocycles. The first-order valence-electron chi connectivity index (χ1n) is 11.3. The Bertz CT molecular complexity index is 1030. The quantitative estimate of drug-likeness (QED) is 0.187. The molecule has 0 bridgehead atoms. The van der Waals surface area contributed by atoms with Gasteiger partial charge in [-0.15, -0.1) is 0 Å². The zero-order valence-electron chi connectivity index (χ0n) is 21.0. The van der Waals surface area contributed by atoms with E-state index in [4.69, 9.17) is 19.9 Å². The predicted molar refractivity (Wildman–Crippen MR) is 133 cm³/mol. The summed E-state index contributed by atoms with van der Waals surface area (Å²) in [5.41, 5.74) is 6.20. The number of esters is 2. The number of nitrogen functional groups attached to an aromatic ring is 1. The maximum absolute atomic E-state index is 13.0. The molecule has 37 heavy (non-hydrogen) atoms. The number of nitrogens with two attached hydrogens (primary N) is 1. The summed E-state index contributed by atoms with van der Waals surface area (Å²) in [6.07, 6.45) is -0.965. The third kappa shape index (κ3) is 8.82. The molecule has 1 aromatic rings. The number of ether oxygens (including phenoxy) is 3. The van der Waals surface area contributed by atoms with E-state index in [1.165, 1.54) is 17.8 Å². The van der Waals surface area contributed by atoms with E-state index in [1.54, 1.807) is 32.9 Å². The second-order valence-corrected chi connectivity index (χ2v) is 10.0. The Kier molecular flexibility index (Phi) is 10.6. The smallest absolute Gasteiger partial charge is 0.408 e. The van der Waals surface area contributed by atoms with Crippen LogP contribution < -0.4 is 21.7 Å². The minimum absolute atomic E-state index is 0.0847. The fourth-order valence-corrected chi connectivity index (χ4v) is 4.25. The summed E-state index contributed by atoms with van der Waals surface area (Å²) < 4.78 is 15.1. The molecule has 204 valence electrons. The van der Waals surface area contributed by atoms with Crippen LogP contribution in [0.2, 0.25) is 0 Å². The molecule has 3 amide bonds. The average Bonchev–Trinajstić information content (AvgIpc) is 2.82. The van der Waals surface area contributed by atoms with E-state index in [9.17, 15) is 29.1 Å². The van der Waals surface area contributed by atoms with E-state index < -0.39 is 66.8 Å². The van der Waals surface area contributed by atoms with Gasteiger partial charge in [0.25, 0.3) is 0 Å². The Labute approximate surface area is 218 Å². The van der Waals surface area contributed by atoms with Crippen LogP contribution in [-0.4, -0.2) is 84.8 Å². The molecule has 2 rings (SSSR count). The molecule has 6 N–H and O–H groups in total. The van der Waals surface area contributed by atoms with Gasteiger partial charge < -0.3 is 41.0 Å². The second kappa shape index (κ2) is 13.1. The summed E-state index contributed by atoms with van der Waals surface area (Å²) in [6.45, 7) is 3.42.